The van der Waals surface area contributed by atoms with Gasteiger partial charge in [0.15, 0.2) is 5.96 Å². The van der Waals surface area contributed by atoms with Crippen LogP contribution in [-0.4, -0.2) is 48.6 Å². The molecule has 2 unspecified atom stereocenters. The van der Waals surface area contributed by atoms with Crippen LogP contribution in [0.25, 0.3) is 0 Å². The molecule has 1 aromatic heterocycles. The van der Waals surface area contributed by atoms with E-state index in [9.17, 15) is 0 Å². The highest BCUT2D eigenvalue weighted by Crippen LogP contribution is 2.20. The van der Waals surface area contributed by atoms with E-state index in [-0.39, 0.29) is 24.0 Å². The van der Waals surface area contributed by atoms with E-state index in [0.29, 0.717) is 6.54 Å². The Balaban J connectivity index is 0.00000338. The third-order valence-electron chi connectivity index (χ3n) is 4.52. The largest absolute Gasteiger partial charge is 0.357 e. The summed E-state index contributed by atoms with van der Waals surface area (Å²) in [5.74, 6) is 2.60. The Morgan fingerprint density at radius 3 is 2.62 bits per heavy atom. The van der Waals surface area contributed by atoms with Crippen molar-refractivity contribution in [3.8, 4) is 0 Å². The molecule has 2 N–H and O–H groups in total. The minimum absolute atomic E-state index is 0. The van der Waals surface area contributed by atoms with Crippen molar-refractivity contribution in [2.24, 2.45) is 16.8 Å². The molecule has 0 aliphatic carbocycles. The molecule has 1 saturated heterocycles. The zero-order valence-electron chi connectivity index (χ0n) is 16.8. The Bertz CT molecular complexity index is 524. The monoisotopic (exact) mass is 493 g/mol. The van der Waals surface area contributed by atoms with Gasteiger partial charge in [0.2, 0.25) is 0 Å². The molecule has 150 valence electrons. The number of aryl methyl sites for hydroxylation is 1. The van der Waals surface area contributed by atoms with Crippen molar-refractivity contribution in [1.82, 2.24) is 20.5 Å². The standard InChI is InChI=1S/C19H35N5S.HI/c1-5-20-19(23-12-18-22-11-17(4)25-18)21-8-6-7-9-24-13-15(2)10-16(3)14-24;/h11,15-16H,5-10,12-14H2,1-4H3,(H2,20,21,23);1H. The number of unbranched alkanes of at least 4 members (excludes halogenated alkanes) is 1. The zero-order valence-corrected chi connectivity index (χ0v) is 19.9. The minimum Gasteiger partial charge on any atom is -0.357 e. The first-order valence-electron chi connectivity index (χ1n) is 9.72. The molecule has 0 spiro atoms. The van der Waals surface area contributed by atoms with Crippen LogP contribution >= 0.6 is 35.3 Å². The summed E-state index contributed by atoms with van der Waals surface area (Å²) in [6.07, 6.45) is 5.73. The zero-order chi connectivity index (χ0) is 18.1. The van der Waals surface area contributed by atoms with Crippen LogP contribution < -0.4 is 10.6 Å². The maximum absolute atomic E-state index is 4.64. The van der Waals surface area contributed by atoms with E-state index in [1.807, 2.05) is 6.20 Å². The maximum atomic E-state index is 4.64. The SMILES string of the molecule is CCNC(=NCc1ncc(C)s1)NCCCCN1CC(C)CC(C)C1.I. The van der Waals surface area contributed by atoms with Crippen molar-refractivity contribution in [2.75, 3.05) is 32.7 Å². The Morgan fingerprint density at radius 2 is 2.00 bits per heavy atom. The summed E-state index contributed by atoms with van der Waals surface area (Å²) >= 11 is 1.72. The number of guanidine groups is 1. The summed E-state index contributed by atoms with van der Waals surface area (Å²) in [5.41, 5.74) is 0. The summed E-state index contributed by atoms with van der Waals surface area (Å²) in [5, 5.41) is 7.84. The van der Waals surface area contributed by atoms with Gasteiger partial charge in [0.1, 0.15) is 5.01 Å². The molecule has 0 aromatic carbocycles. The molecule has 2 rings (SSSR count). The number of aliphatic imine (C=N–C) groups is 1. The lowest BCUT2D eigenvalue weighted by Gasteiger charge is -2.34. The van der Waals surface area contributed by atoms with Gasteiger partial charge in [-0.2, -0.15) is 0 Å². The van der Waals surface area contributed by atoms with Crippen molar-refractivity contribution in [3.63, 3.8) is 0 Å². The van der Waals surface area contributed by atoms with Crippen LogP contribution in [0.15, 0.2) is 11.2 Å². The third kappa shape index (κ3) is 8.99. The van der Waals surface area contributed by atoms with Gasteiger partial charge in [-0.05, 0) is 51.5 Å². The number of hydrogen-bond donors (Lipinski definition) is 2. The molecule has 5 nitrogen and oxygen atoms in total. The van der Waals surface area contributed by atoms with Crippen LogP contribution in [0, 0.1) is 18.8 Å². The van der Waals surface area contributed by atoms with E-state index in [2.05, 4.69) is 53.2 Å². The van der Waals surface area contributed by atoms with Crippen LogP contribution in [0.1, 0.15) is 49.9 Å². The predicted molar refractivity (Wildman–Crippen MR) is 124 cm³/mol. The van der Waals surface area contributed by atoms with E-state index >= 15 is 0 Å². The summed E-state index contributed by atoms with van der Waals surface area (Å²) in [6, 6.07) is 0. The van der Waals surface area contributed by atoms with Crippen LogP contribution in [0.4, 0.5) is 0 Å². The van der Waals surface area contributed by atoms with Crippen molar-refractivity contribution < 1.29 is 0 Å². The molecule has 0 amide bonds. The van der Waals surface area contributed by atoms with E-state index in [0.717, 1.165) is 35.9 Å². The number of aromatic nitrogens is 1. The van der Waals surface area contributed by atoms with Gasteiger partial charge >= 0.3 is 0 Å². The molecule has 1 fully saturated rings. The summed E-state index contributed by atoms with van der Waals surface area (Å²) in [7, 11) is 0. The highest BCUT2D eigenvalue weighted by molar-refractivity contribution is 14.0. The number of likely N-dealkylation sites (tertiary alicyclic amines) is 1. The van der Waals surface area contributed by atoms with Crippen molar-refractivity contribution >= 4 is 41.3 Å². The van der Waals surface area contributed by atoms with E-state index in [1.165, 1.54) is 43.8 Å². The van der Waals surface area contributed by atoms with Gasteiger partial charge in [-0.1, -0.05) is 13.8 Å². The molecule has 1 aromatic rings. The van der Waals surface area contributed by atoms with Gasteiger partial charge in [-0.25, -0.2) is 9.98 Å². The van der Waals surface area contributed by atoms with Crippen LogP contribution in [0.3, 0.4) is 0 Å². The maximum Gasteiger partial charge on any atom is 0.191 e. The Morgan fingerprint density at radius 1 is 1.27 bits per heavy atom. The highest BCUT2D eigenvalue weighted by Gasteiger charge is 2.20. The number of rotatable bonds is 8. The Labute approximate surface area is 180 Å². The number of halogens is 1. The van der Waals surface area contributed by atoms with E-state index < -0.39 is 0 Å². The Hall–Kier alpha value is -0.410. The summed E-state index contributed by atoms with van der Waals surface area (Å²) < 4.78 is 0. The van der Waals surface area contributed by atoms with Gasteiger partial charge in [0, 0.05) is 37.3 Å². The second-order valence-electron chi connectivity index (χ2n) is 7.40. The van der Waals surface area contributed by atoms with Gasteiger partial charge in [-0.15, -0.1) is 35.3 Å². The fourth-order valence-electron chi connectivity index (χ4n) is 3.60. The number of nitrogens with zero attached hydrogens (tertiary/aromatic N) is 3. The van der Waals surface area contributed by atoms with Crippen molar-refractivity contribution in [2.45, 2.75) is 53.5 Å². The smallest absolute Gasteiger partial charge is 0.191 e. The molecule has 0 radical (unpaired) electrons. The van der Waals surface area contributed by atoms with Gasteiger partial charge in [0.05, 0.1) is 6.54 Å². The van der Waals surface area contributed by atoms with Gasteiger partial charge in [-0.3, -0.25) is 0 Å². The first-order valence-corrected chi connectivity index (χ1v) is 10.5. The second-order valence-corrected chi connectivity index (χ2v) is 8.72. The predicted octanol–water partition coefficient (Wildman–Crippen LogP) is 3.88. The topological polar surface area (TPSA) is 52.6 Å². The van der Waals surface area contributed by atoms with Gasteiger partial charge < -0.3 is 15.5 Å². The summed E-state index contributed by atoms with van der Waals surface area (Å²) in [6.45, 7) is 15.2. The first kappa shape index (κ1) is 23.6. The average molecular weight is 494 g/mol. The Kier molecular flexibility index (Phi) is 11.7. The average Bonchev–Trinajstić information content (AvgIpc) is 2.96. The molecular weight excluding hydrogens is 457 g/mol. The fraction of sp³-hybridized carbons (Fsp3) is 0.789. The van der Waals surface area contributed by atoms with E-state index in [4.69, 9.17) is 0 Å². The molecule has 0 bridgehead atoms. The molecular formula is C19H36IN5S. The van der Waals surface area contributed by atoms with E-state index in [1.54, 1.807) is 11.3 Å². The molecule has 2 heterocycles. The van der Waals surface area contributed by atoms with Crippen LogP contribution in [0.5, 0.6) is 0 Å². The number of thiazole rings is 1. The molecule has 1 aliphatic heterocycles. The molecule has 1 aliphatic rings. The molecule has 0 saturated carbocycles. The second kappa shape index (κ2) is 12.9. The summed E-state index contributed by atoms with van der Waals surface area (Å²) in [4.78, 5) is 12.9. The lowest BCUT2D eigenvalue weighted by molar-refractivity contribution is 0.139. The lowest BCUT2D eigenvalue weighted by Crippen LogP contribution is -2.40. The highest BCUT2D eigenvalue weighted by atomic mass is 127. The van der Waals surface area contributed by atoms with Crippen molar-refractivity contribution in [3.05, 3.63) is 16.1 Å². The quantitative estimate of drug-likeness (QED) is 0.250. The fourth-order valence-corrected chi connectivity index (χ4v) is 4.32. The van der Waals surface area contributed by atoms with Crippen LogP contribution in [-0.2, 0) is 6.54 Å². The number of piperidine rings is 1. The third-order valence-corrected chi connectivity index (χ3v) is 5.42. The first-order chi connectivity index (χ1) is 12.1. The molecule has 2 atom stereocenters. The molecule has 26 heavy (non-hydrogen) atoms. The minimum atomic E-state index is 0. The van der Waals surface area contributed by atoms with Crippen LogP contribution in [0.2, 0.25) is 0 Å². The normalized spacial score (nSPS) is 21.3. The number of hydrogen-bond acceptors (Lipinski definition) is 4. The van der Waals surface area contributed by atoms with Crippen molar-refractivity contribution in [1.29, 1.82) is 0 Å². The van der Waals surface area contributed by atoms with Gasteiger partial charge in [0.25, 0.3) is 0 Å². The lowest BCUT2D eigenvalue weighted by atomic mass is 9.92. The number of nitrogens with one attached hydrogen (secondary N) is 2. The molecule has 7 heteroatoms.